The molecule has 196 valence electrons. The van der Waals surface area contributed by atoms with Gasteiger partial charge >= 0.3 is 53.6 Å². The molecule has 0 saturated heterocycles. The van der Waals surface area contributed by atoms with Crippen LogP contribution in [0, 0.1) is 0 Å². The van der Waals surface area contributed by atoms with Crippen LogP contribution in [-0.2, 0) is 9.53 Å². The van der Waals surface area contributed by atoms with Crippen molar-refractivity contribution < 1.29 is 84.2 Å². The fraction of sp³-hybridized carbons (Fsp3) is 0.786. The van der Waals surface area contributed by atoms with E-state index in [1.54, 1.807) is 0 Å². The van der Waals surface area contributed by atoms with Gasteiger partial charge in [0, 0.05) is 5.57 Å². The quantitative estimate of drug-likeness (QED) is 0.182. The summed E-state index contributed by atoms with van der Waals surface area (Å²) in [4.78, 5) is 10.9. The van der Waals surface area contributed by atoms with Gasteiger partial charge in [0.2, 0.25) is 0 Å². The zero-order chi connectivity index (χ0) is 27.3. The molecule has 0 heterocycles. The highest BCUT2D eigenvalue weighted by Crippen LogP contribution is 2.64. The Morgan fingerprint density at radius 2 is 0.909 bits per heavy atom. The van der Waals surface area contributed by atoms with Crippen LogP contribution in [0.15, 0.2) is 12.2 Å². The number of hydrogen-bond acceptors (Lipinski definition) is 2. The van der Waals surface area contributed by atoms with Gasteiger partial charge in [0.1, 0.15) is 0 Å². The largest absolute Gasteiger partial charge is 0.462 e. The Kier molecular flexibility index (Phi) is 7.85. The van der Waals surface area contributed by atoms with E-state index in [2.05, 4.69) is 11.3 Å². The van der Waals surface area contributed by atoms with E-state index in [1.165, 1.54) is 0 Å². The number of alkyl halides is 17. The number of carbonyl (C=O) groups excluding carboxylic acids is 1. The van der Waals surface area contributed by atoms with E-state index in [0.717, 1.165) is 6.92 Å². The van der Waals surface area contributed by atoms with Crippen molar-refractivity contribution in [2.75, 3.05) is 6.61 Å². The van der Waals surface area contributed by atoms with Crippen LogP contribution in [0.1, 0.15) is 13.3 Å². The van der Waals surface area contributed by atoms with Crippen LogP contribution in [0.5, 0.6) is 0 Å². The van der Waals surface area contributed by atoms with Crippen LogP contribution >= 0.6 is 0 Å². The van der Waals surface area contributed by atoms with Crippen molar-refractivity contribution in [3.63, 3.8) is 0 Å². The van der Waals surface area contributed by atoms with Crippen LogP contribution in [0.3, 0.4) is 0 Å². The Hall–Kier alpha value is -1.98. The molecule has 0 radical (unpaired) electrons. The minimum atomic E-state index is -8.67. The fourth-order valence-electron chi connectivity index (χ4n) is 1.75. The van der Waals surface area contributed by atoms with Gasteiger partial charge in [-0.3, -0.25) is 0 Å². The second-order valence-corrected chi connectivity index (χ2v) is 6.31. The van der Waals surface area contributed by atoms with E-state index in [0.29, 0.717) is 0 Å². The Bertz CT molecular complexity index is 749. The lowest BCUT2D eigenvalue weighted by Crippen LogP contribution is -2.74. The van der Waals surface area contributed by atoms with Crippen LogP contribution in [-0.4, -0.2) is 60.2 Å². The lowest BCUT2D eigenvalue weighted by atomic mass is 9.88. The molecule has 0 rings (SSSR count). The molecule has 0 unspecified atom stereocenters. The first-order valence-corrected chi connectivity index (χ1v) is 7.62. The van der Waals surface area contributed by atoms with Gasteiger partial charge in [-0.1, -0.05) is 6.58 Å². The highest BCUT2D eigenvalue weighted by atomic mass is 19.4. The molecule has 0 bridgehead atoms. The molecule has 0 N–H and O–H groups in total. The number of halogens is 17. The third-order valence-electron chi connectivity index (χ3n) is 3.78. The number of ether oxygens (including phenoxy) is 1. The molecule has 0 amide bonds. The highest BCUT2D eigenvalue weighted by molar-refractivity contribution is 5.86. The first-order valence-electron chi connectivity index (χ1n) is 7.62. The second-order valence-electron chi connectivity index (χ2n) is 6.31. The molecule has 19 heteroatoms. The number of rotatable bonds is 10. The first-order chi connectivity index (χ1) is 14.1. The lowest BCUT2D eigenvalue weighted by molar-refractivity contribution is -0.461. The standard InChI is InChI=1S/C14H9F17O2/c1-5(2)6(32)33-4-3-7(15,16)8(17,18)9(19,20)10(21,22)11(23,24)12(25,26)13(27,28)14(29,30)31/h1,3-4H2,2H3. The number of esters is 1. The van der Waals surface area contributed by atoms with Gasteiger partial charge in [-0.15, -0.1) is 0 Å². The van der Waals surface area contributed by atoms with Crippen LogP contribution < -0.4 is 0 Å². The maximum atomic E-state index is 13.5. The van der Waals surface area contributed by atoms with E-state index < -0.39 is 72.2 Å². The monoisotopic (exact) mass is 532 g/mol. The molecule has 0 fully saturated rings. The Balaban J connectivity index is 6.36. The van der Waals surface area contributed by atoms with E-state index in [9.17, 15) is 79.4 Å². The average Bonchev–Trinajstić information content (AvgIpc) is 2.59. The van der Waals surface area contributed by atoms with Crippen molar-refractivity contribution in [3.8, 4) is 0 Å². The first kappa shape index (κ1) is 31.0. The smallest absolute Gasteiger partial charge is 0.460 e. The van der Waals surface area contributed by atoms with Crippen LogP contribution in [0.4, 0.5) is 74.6 Å². The molecule has 0 aromatic heterocycles. The van der Waals surface area contributed by atoms with Crippen molar-refractivity contribution in [1.82, 2.24) is 0 Å². The zero-order valence-electron chi connectivity index (χ0n) is 15.4. The van der Waals surface area contributed by atoms with Crippen molar-refractivity contribution >= 4 is 5.97 Å². The second kappa shape index (κ2) is 8.35. The molecule has 0 aliphatic rings. The third-order valence-corrected chi connectivity index (χ3v) is 3.78. The molecule has 33 heavy (non-hydrogen) atoms. The van der Waals surface area contributed by atoms with E-state index in [1.807, 2.05) is 0 Å². The SMILES string of the molecule is C=C(C)C(=O)OCCC(F)(F)C(F)(F)C(F)(F)C(F)(F)C(F)(F)C(F)(F)C(F)(F)C(F)(F)F. The van der Waals surface area contributed by atoms with Crippen molar-refractivity contribution in [1.29, 1.82) is 0 Å². The molecule has 0 aliphatic carbocycles. The molecule has 2 nitrogen and oxygen atoms in total. The maximum Gasteiger partial charge on any atom is 0.460 e. The summed E-state index contributed by atoms with van der Waals surface area (Å²) in [5, 5.41) is 0. The third kappa shape index (κ3) is 4.54. The van der Waals surface area contributed by atoms with E-state index >= 15 is 0 Å². The van der Waals surface area contributed by atoms with Crippen molar-refractivity contribution in [2.24, 2.45) is 0 Å². The molecule has 0 spiro atoms. The maximum absolute atomic E-state index is 13.5. The van der Waals surface area contributed by atoms with Gasteiger partial charge in [0.15, 0.2) is 0 Å². The minimum Gasteiger partial charge on any atom is -0.462 e. The summed E-state index contributed by atoms with van der Waals surface area (Å²) in [6, 6.07) is 0. The summed E-state index contributed by atoms with van der Waals surface area (Å²) in [6.45, 7) is 1.71. The Morgan fingerprint density at radius 1 is 0.606 bits per heavy atom. The molecule has 0 aromatic rings. The van der Waals surface area contributed by atoms with Crippen molar-refractivity contribution in [3.05, 3.63) is 12.2 Å². The van der Waals surface area contributed by atoms with E-state index in [4.69, 9.17) is 0 Å². The summed E-state index contributed by atoms with van der Waals surface area (Å²) in [5.74, 6) is -58.4. The summed E-state index contributed by atoms with van der Waals surface area (Å²) >= 11 is 0. The molecule has 0 saturated carbocycles. The molecular formula is C14H9F17O2. The predicted octanol–water partition coefficient (Wildman–Crippen LogP) is 6.51. The summed E-state index contributed by atoms with van der Waals surface area (Å²) in [7, 11) is 0. The Morgan fingerprint density at radius 3 is 1.21 bits per heavy atom. The van der Waals surface area contributed by atoms with E-state index in [-0.39, 0.29) is 0 Å². The minimum absolute atomic E-state index is 0.589. The Labute approximate surface area is 171 Å². The number of carbonyl (C=O) groups is 1. The summed E-state index contributed by atoms with van der Waals surface area (Å²) < 4.78 is 225. The van der Waals surface area contributed by atoms with Gasteiger partial charge in [-0.2, -0.15) is 74.6 Å². The van der Waals surface area contributed by atoms with Gasteiger partial charge < -0.3 is 4.74 Å². The normalized spacial score (nSPS) is 15.5. The van der Waals surface area contributed by atoms with Gasteiger partial charge in [-0.25, -0.2) is 4.79 Å². The van der Waals surface area contributed by atoms with Gasteiger partial charge in [0.25, 0.3) is 0 Å². The zero-order valence-corrected chi connectivity index (χ0v) is 15.4. The molecular weight excluding hydrogens is 523 g/mol. The van der Waals surface area contributed by atoms with Crippen LogP contribution in [0.2, 0.25) is 0 Å². The summed E-state index contributed by atoms with van der Waals surface area (Å²) in [5.41, 5.74) is -0.589. The lowest BCUT2D eigenvalue weighted by Gasteiger charge is -2.42. The predicted molar refractivity (Wildman–Crippen MR) is 71.1 cm³/mol. The summed E-state index contributed by atoms with van der Waals surface area (Å²) in [6.07, 6.45) is -10.6. The van der Waals surface area contributed by atoms with Gasteiger partial charge in [0.05, 0.1) is 13.0 Å². The topological polar surface area (TPSA) is 26.3 Å². The number of hydrogen-bond donors (Lipinski definition) is 0. The van der Waals surface area contributed by atoms with Gasteiger partial charge in [-0.05, 0) is 6.92 Å². The molecule has 0 atom stereocenters. The fourth-order valence-corrected chi connectivity index (χ4v) is 1.75. The average molecular weight is 532 g/mol. The molecule has 0 aromatic carbocycles. The van der Waals surface area contributed by atoms with Crippen molar-refractivity contribution in [2.45, 2.75) is 61.0 Å². The van der Waals surface area contributed by atoms with Crippen LogP contribution in [0.25, 0.3) is 0 Å². The molecule has 0 aliphatic heterocycles. The highest BCUT2D eigenvalue weighted by Gasteiger charge is 2.95.